The van der Waals surface area contributed by atoms with Gasteiger partial charge < -0.3 is 10.1 Å². The zero-order chi connectivity index (χ0) is 16.0. The van der Waals surface area contributed by atoms with Gasteiger partial charge in [-0.05, 0) is 50.5 Å². The summed E-state index contributed by atoms with van der Waals surface area (Å²) in [5, 5.41) is 2.95. The van der Waals surface area contributed by atoms with Crippen LogP contribution in [0, 0.1) is 19.8 Å². The number of carbonyl (C=O) groups excluding carboxylic acids is 2. The Hall–Kier alpha value is -1.36. The topological polar surface area (TPSA) is 55.4 Å². The van der Waals surface area contributed by atoms with Gasteiger partial charge in [-0.25, -0.2) is 0 Å². The Morgan fingerprint density at radius 2 is 1.86 bits per heavy atom. The minimum atomic E-state index is -0.256. The lowest BCUT2D eigenvalue weighted by atomic mass is 10.0. The van der Waals surface area contributed by atoms with Gasteiger partial charge in [-0.3, -0.25) is 9.59 Å². The molecule has 0 radical (unpaired) electrons. The average molecular weight is 356 g/mol. The van der Waals surface area contributed by atoms with E-state index in [-0.39, 0.29) is 24.2 Å². The highest BCUT2D eigenvalue weighted by Gasteiger charge is 2.17. The van der Waals surface area contributed by atoms with Crippen molar-refractivity contribution in [2.45, 2.75) is 40.5 Å². The Labute approximate surface area is 134 Å². The summed E-state index contributed by atoms with van der Waals surface area (Å²) in [5.41, 5.74) is 2.85. The van der Waals surface area contributed by atoms with Crippen LogP contribution in [0.15, 0.2) is 16.6 Å². The highest BCUT2D eigenvalue weighted by molar-refractivity contribution is 9.10. The first-order chi connectivity index (χ1) is 9.85. The van der Waals surface area contributed by atoms with Crippen LogP contribution in [-0.4, -0.2) is 18.5 Å². The van der Waals surface area contributed by atoms with Crippen LogP contribution in [-0.2, 0) is 14.3 Å². The molecule has 5 heteroatoms. The highest BCUT2D eigenvalue weighted by atomic mass is 79.9. The van der Waals surface area contributed by atoms with Crippen molar-refractivity contribution in [3.05, 3.63) is 27.7 Å². The standard InChI is InChI=1S/C16H22BrNO3/c1-5-21-14(19)7-6-10(2)16(20)18-15-11(3)8-13(17)9-12(15)4/h8-10H,5-7H2,1-4H3,(H,18,20)/t10-/m1/s1. The summed E-state index contributed by atoms with van der Waals surface area (Å²) in [6.45, 7) is 7.87. The summed E-state index contributed by atoms with van der Waals surface area (Å²) >= 11 is 3.43. The maximum absolute atomic E-state index is 12.2. The van der Waals surface area contributed by atoms with Gasteiger partial charge in [-0.1, -0.05) is 22.9 Å². The van der Waals surface area contributed by atoms with Crippen LogP contribution < -0.4 is 5.32 Å². The molecule has 1 aromatic rings. The fourth-order valence-corrected chi connectivity index (χ4v) is 2.74. The van der Waals surface area contributed by atoms with E-state index in [4.69, 9.17) is 4.74 Å². The highest BCUT2D eigenvalue weighted by Crippen LogP contribution is 2.25. The zero-order valence-electron chi connectivity index (χ0n) is 13.0. The summed E-state index contributed by atoms with van der Waals surface area (Å²) in [7, 11) is 0. The number of hydrogen-bond donors (Lipinski definition) is 1. The second kappa shape index (κ2) is 8.17. The number of halogens is 1. The van der Waals surface area contributed by atoms with Crippen molar-refractivity contribution >= 4 is 33.5 Å². The number of carbonyl (C=O) groups is 2. The van der Waals surface area contributed by atoms with Crippen LogP contribution in [0.25, 0.3) is 0 Å². The molecule has 116 valence electrons. The fourth-order valence-electron chi connectivity index (χ4n) is 2.05. The first-order valence-corrected chi connectivity index (χ1v) is 7.87. The predicted octanol–water partition coefficient (Wildman–Crippen LogP) is 3.98. The van der Waals surface area contributed by atoms with Gasteiger partial charge in [-0.15, -0.1) is 0 Å². The van der Waals surface area contributed by atoms with E-state index >= 15 is 0 Å². The molecule has 0 bridgehead atoms. The molecule has 4 nitrogen and oxygen atoms in total. The van der Waals surface area contributed by atoms with E-state index in [0.29, 0.717) is 13.0 Å². The van der Waals surface area contributed by atoms with Crippen molar-refractivity contribution in [1.82, 2.24) is 0 Å². The Bertz CT molecular complexity index is 505. The number of benzene rings is 1. The van der Waals surface area contributed by atoms with Gasteiger partial charge >= 0.3 is 5.97 Å². The van der Waals surface area contributed by atoms with E-state index in [2.05, 4.69) is 21.2 Å². The summed E-state index contributed by atoms with van der Waals surface area (Å²) in [6, 6.07) is 3.93. The van der Waals surface area contributed by atoms with Crippen molar-refractivity contribution in [1.29, 1.82) is 0 Å². The smallest absolute Gasteiger partial charge is 0.305 e. The summed E-state index contributed by atoms with van der Waals surface area (Å²) in [4.78, 5) is 23.5. The molecule has 0 aliphatic rings. The molecule has 1 amide bonds. The first-order valence-electron chi connectivity index (χ1n) is 7.08. The fraction of sp³-hybridized carbons (Fsp3) is 0.500. The van der Waals surface area contributed by atoms with Crippen LogP contribution in [0.5, 0.6) is 0 Å². The van der Waals surface area contributed by atoms with E-state index in [0.717, 1.165) is 21.3 Å². The van der Waals surface area contributed by atoms with Gasteiger partial charge in [0.15, 0.2) is 0 Å². The normalized spacial score (nSPS) is 11.9. The maximum atomic E-state index is 12.2. The third-order valence-corrected chi connectivity index (χ3v) is 3.74. The van der Waals surface area contributed by atoms with Crippen LogP contribution >= 0.6 is 15.9 Å². The number of ether oxygens (including phenoxy) is 1. The second-order valence-corrected chi connectivity index (χ2v) is 6.06. The Morgan fingerprint density at radius 1 is 1.29 bits per heavy atom. The van der Waals surface area contributed by atoms with Crippen molar-refractivity contribution in [2.75, 3.05) is 11.9 Å². The lowest BCUT2D eigenvalue weighted by Gasteiger charge is -2.16. The van der Waals surface area contributed by atoms with Crippen molar-refractivity contribution in [2.24, 2.45) is 5.92 Å². The molecule has 0 spiro atoms. The molecule has 1 N–H and O–H groups in total. The molecule has 0 saturated heterocycles. The number of anilines is 1. The monoisotopic (exact) mass is 355 g/mol. The molecule has 1 atom stereocenters. The predicted molar refractivity (Wildman–Crippen MR) is 87.3 cm³/mol. The molecule has 21 heavy (non-hydrogen) atoms. The Kier molecular flexibility index (Phi) is 6.89. The number of nitrogens with one attached hydrogen (secondary N) is 1. The summed E-state index contributed by atoms with van der Waals surface area (Å²) < 4.78 is 5.86. The van der Waals surface area contributed by atoms with Crippen LogP contribution in [0.1, 0.15) is 37.8 Å². The second-order valence-electron chi connectivity index (χ2n) is 5.15. The van der Waals surface area contributed by atoms with Gasteiger partial charge in [0.1, 0.15) is 0 Å². The zero-order valence-corrected chi connectivity index (χ0v) is 14.5. The van der Waals surface area contributed by atoms with Crippen LogP contribution in [0.4, 0.5) is 5.69 Å². The van der Waals surface area contributed by atoms with E-state index in [1.807, 2.05) is 32.9 Å². The molecular weight excluding hydrogens is 334 g/mol. The number of aryl methyl sites for hydroxylation is 2. The van der Waals surface area contributed by atoms with Crippen molar-refractivity contribution < 1.29 is 14.3 Å². The van der Waals surface area contributed by atoms with Crippen LogP contribution in [0.2, 0.25) is 0 Å². The van der Waals surface area contributed by atoms with E-state index in [1.165, 1.54) is 0 Å². The summed E-state index contributed by atoms with van der Waals surface area (Å²) in [6.07, 6.45) is 0.750. The lowest BCUT2D eigenvalue weighted by Crippen LogP contribution is -2.22. The largest absolute Gasteiger partial charge is 0.466 e. The molecule has 1 aromatic carbocycles. The number of amides is 1. The van der Waals surface area contributed by atoms with E-state index < -0.39 is 0 Å². The molecule has 0 aliphatic heterocycles. The van der Waals surface area contributed by atoms with Crippen LogP contribution in [0.3, 0.4) is 0 Å². The van der Waals surface area contributed by atoms with Gasteiger partial charge in [-0.2, -0.15) is 0 Å². The van der Waals surface area contributed by atoms with E-state index in [9.17, 15) is 9.59 Å². The van der Waals surface area contributed by atoms with Crippen molar-refractivity contribution in [3.8, 4) is 0 Å². The van der Waals surface area contributed by atoms with E-state index in [1.54, 1.807) is 6.92 Å². The lowest BCUT2D eigenvalue weighted by molar-refractivity contribution is -0.143. The molecule has 0 saturated carbocycles. The molecule has 0 aromatic heterocycles. The molecule has 1 rings (SSSR count). The van der Waals surface area contributed by atoms with Gasteiger partial charge in [0, 0.05) is 22.5 Å². The number of hydrogen-bond acceptors (Lipinski definition) is 3. The maximum Gasteiger partial charge on any atom is 0.305 e. The Balaban J connectivity index is 2.63. The third kappa shape index (κ3) is 5.50. The number of rotatable bonds is 6. The molecule has 0 heterocycles. The number of esters is 1. The van der Waals surface area contributed by atoms with Gasteiger partial charge in [0.2, 0.25) is 5.91 Å². The third-order valence-electron chi connectivity index (χ3n) is 3.28. The van der Waals surface area contributed by atoms with Crippen molar-refractivity contribution in [3.63, 3.8) is 0 Å². The average Bonchev–Trinajstić information content (AvgIpc) is 2.40. The molecular formula is C16H22BrNO3. The quantitative estimate of drug-likeness (QED) is 0.785. The minimum absolute atomic E-state index is 0.0761. The Morgan fingerprint density at radius 3 is 2.38 bits per heavy atom. The first kappa shape index (κ1) is 17.7. The SMILES string of the molecule is CCOC(=O)CC[C@@H](C)C(=O)Nc1c(C)cc(Br)cc1C. The molecule has 0 aliphatic carbocycles. The molecule has 0 fully saturated rings. The summed E-state index contributed by atoms with van der Waals surface area (Å²) in [5.74, 6) is -0.571. The minimum Gasteiger partial charge on any atom is -0.466 e. The van der Waals surface area contributed by atoms with Gasteiger partial charge in [0.05, 0.1) is 6.61 Å². The van der Waals surface area contributed by atoms with Gasteiger partial charge in [0.25, 0.3) is 0 Å². The molecule has 0 unspecified atom stereocenters.